The van der Waals surface area contributed by atoms with Crippen LogP contribution in [0.3, 0.4) is 0 Å². The van der Waals surface area contributed by atoms with Crippen LogP contribution in [0.15, 0.2) is 195 Å². The summed E-state index contributed by atoms with van der Waals surface area (Å²) < 4.78 is 0. The van der Waals surface area contributed by atoms with Crippen molar-refractivity contribution in [1.82, 2.24) is 0 Å². The maximum absolute atomic E-state index is 3.00. The molecule has 10 aromatic carbocycles. The normalized spacial score (nSPS) is 13.4. The van der Waals surface area contributed by atoms with E-state index in [2.05, 4.69) is 223 Å². The van der Waals surface area contributed by atoms with Crippen molar-refractivity contribution in [2.24, 2.45) is 0 Å². The molecule has 0 saturated carbocycles. The molecule has 1 aliphatic rings. The molecule has 282 valence electrons. The lowest BCUT2D eigenvalue weighted by atomic mass is 9.78. The average molecular weight is 755 g/mol. The van der Waals surface area contributed by atoms with E-state index in [4.69, 9.17) is 0 Å². The highest BCUT2D eigenvalue weighted by Crippen LogP contribution is 2.56. The highest BCUT2D eigenvalue weighted by atomic mass is 14.4. The molecule has 1 aliphatic carbocycles. The molecule has 0 nitrogen and oxygen atoms in total. The molecule has 0 N–H and O–H groups in total. The van der Waals surface area contributed by atoms with Gasteiger partial charge in [0.25, 0.3) is 0 Å². The maximum Gasteiger partial charge on any atom is 0.0165 e. The number of hydrogen-bond donors (Lipinski definition) is 0. The van der Waals surface area contributed by atoms with Crippen LogP contribution in [0, 0.1) is 0 Å². The Hall–Kier alpha value is -7.02. The van der Waals surface area contributed by atoms with Gasteiger partial charge in [-0.05, 0) is 153 Å². The molecule has 10 aromatic rings. The second-order valence-corrected chi connectivity index (χ2v) is 16.2. The van der Waals surface area contributed by atoms with Gasteiger partial charge in [-0.2, -0.15) is 0 Å². The summed E-state index contributed by atoms with van der Waals surface area (Å²) in [6.45, 7) is 15.1. The largest absolute Gasteiger partial charge is 0.106 e. The van der Waals surface area contributed by atoms with Crippen molar-refractivity contribution in [2.45, 2.75) is 33.1 Å². The Labute approximate surface area is 347 Å². The number of benzene rings is 10. The van der Waals surface area contributed by atoms with Crippen LogP contribution in [0.1, 0.15) is 44.4 Å². The zero-order chi connectivity index (χ0) is 40.4. The van der Waals surface area contributed by atoms with Crippen molar-refractivity contribution < 1.29 is 0 Å². The van der Waals surface area contributed by atoms with Gasteiger partial charge in [0.1, 0.15) is 0 Å². The number of rotatable bonds is 5. The van der Waals surface area contributed by atoms with Crippen LogP contribution in [0.2, 0.25) is 0 Å². The van der Waals surface area contributed by atoms with E-state index in [0.29, 0.717) is 0 Å². The Kier molecular flexibility index (Phi) is 8.69. The summed E-state index contributed by atoms with van der Waals surface area (Å²) in [6.07, 6.45) is 6.69. The van der Waals surface area contributed by atoms with E-state index in [9.17, 15) is 0 Å². The molecule has 0 saturated heterocycles. The van der Waals surface area contributed by atoms with E-state index in [1.54, 1.807) is 0 Å². The van der Waals surface area contributed by atoms with Crippen molar-refractivity contribution in [1.29, 1.82) is 0 Å². The Morgan fingerprint density at radius 2 is 1.05 bits per heavy atom. The predicted octanol–water partition coefficient (Wildman–Crippen LogP) is 17.0. The zero-order valence-electron chi connectivity index (χ0n) is 34.2. The number of allylic oxidation sites excluding steroid dienone is 4. The number of hydrogen-bond acceptors (Lipinski definition) is 0. The first-order valence-corrected chi connectivity index (χ1v) is 20.7. The fraction of sp³-hybridized carbons (Fsp3) is 0.0847. The standard InChI is InChI=1S/C57H42.C2H4/c1-5-15-35(6-2)48-33-50(40-28-31-47-52(32-40)57(3,4)56-46-23-13-11-21-42(46)41-20-10-12-22-44(41)55(47)56)49(36-16-8-7-9-17-36)34-51(48)43-29-26-39-25-24-37-18-14-19-38-27-30-45(43)54(39)53(37)38;1-2/h5-34H,1-4H3;1-2H2/b15-5-,35-6+;. The maximum atomic E-state index is 3.00. The van der Waals surface area contributed by atoms with Crippen LogP contribution in [0.25, 0.3) is 104 Å². The third-order valence-electron chi connectivity index (χ3n) is 12.9. The predicted molar refractivity (Wildman–Crippen MR) is 259 cm³/mol. The first-order chi connectivity index (χ1) is 29.0. The van der Waals surface area contributed by atoms with Gasteiger partial charge >= 0.3 is 0 Å². The molecule has 0 radical (unpaired) electrons. The minimum atomic E-state index is -0.193. The second kappa shape index (κ2) is 14.1. The SMILES string of the molecule is C/C=C\C(=C/C)c1cc(-c2ccc3c(c2)C(C)(C)c2c-3c3ccccc3c3ccccc23)c(-c2ccccc2)cc1-c1ccc2ccc3cccc4ccc1c2c34.C=C. The lowest BCUT2D eigenvalue weighted by Crippen LogP contribution is -2.15. The molecule has 0 amide bonds. The first-order valence-electron chi connectivity index (χ1n) is 20.7. The van der Waals surface area contributed by atoms with Crippen molar-refractivity contribution in [3.05, 3.63) is 212 Å². The molecule has 0 fully saturated rings. The lowest BCUT2D eigenvalue weighted by molar-refractivity contribution is 0.667. The Balaban J connectivity index is 0.00000207. The van der Waals surface area contributed by atoms with Gasteiger partial charge in [-0.3, -0.25) is 0 Å². The summed E-state index contributed by atoms with van der Waals surface area (Å²) in [5.41, 5.74) is 15.2. The summed E-state index contributed by atoms with van der Waals surface area (Å²) in [4.78, 5) is 0. The molecule has 0 aliphatic heterocycles. The molecule has 0 spiro atoms. The van der Waals surface area contributed by atoms with Gasteiger partial charge in [-0.15, -0.1) is 13.2 Å². The summed E-state index contributed by atoms with van der Waals surface area (Å²) in [6, 6.07) is 61.7. The van der Waals surface area contributed by atoms with E-state index in [0.717, 1.165) is 0 Å². The molecule has 11 rings (SSSR count). The topological polar surface area (TPSA) is 0 Å². The third-order valence-corrected chi connectivity index (χ3v) is 12.9. The summed E-state index contributed by atoms with van der Waals surface area (Å²) in [5, 5.41) is 13.2. The fourth-order valence-electron chi connectivity index (χ4n) is 10.3. The van der Waals surface area contributed by atoms with Gasteiger partial charge in [-0.25, -0.2) is 0 Å². The molecule has 59 heavy (non-hydrogen) atoms. The van der Waals surface area contributed by atoms with Crippen molar-refractivity contribution in [2.75, 3.05) is 0 Å². The van der Waals surface area contributed by atoms with Gasteiger partial charge < -0.3 is 0 Å². The van der Waals surface area contributed by atoms with E-state index >= 15 is 0 Å². The van der Waals surface area contributed by atoms with Crippen LogP contribution in [0.5, 0.6) is 0 Å². The minimum Gasteiger partial charge on any atom is -0.106 e. The first kappa shape index (κ1) is 36.3. The van der Waals surface area contributed by atoms with E-state index in [1.165, 1.54) is 121 Å². The molecule has 0 unspecified atom stereocenters. The molecule has 0 atom stereocenters. The molecule has 0 heteroatoms. The number of fused-ring (bicyclic) bond motifs is 8. The van der Waals surface area contributed by atoms with Crippen molar-refractivity contribution >= 4 is 59.4 Å². The van der Waals surface area contributed by atoms with Gasteiger partial charge in [-0.1, -0.05) is 178 Å². The highest BCUT2D eigenvalue weighted by molar-refractivity contribution is 6.26. The monoisotopic (exact) mass is 754 g/mol. The van der Waals surface area contributed by atoms with Crippen molar-refractivity contribution in [3.8, 4) is 44.5 Å². The summed E-state index contributed by atoms with van der Waals surface area (Å²) in [5.74, 6) is 0. The smallest absolute Gasteiger partial charge is 0.0165 e. The average Bonchev–Trinajstić information content (AvgIpc) is 3.54. The molecular weight excluding hydrogens is 709 g/mol. The second-order valence-electron chi connectivity index (χ2n) is 16.2. The van der Waals surface area contributed by atoms with Crippen LogP contribution < -0.4 is 0 Å². The molecule has 0 aromatic heterocycles. The Morgan fingerprint density at radius 3 is 1.76 bits per heavy atom. The zero-order valence-corrected chi connectivity index (χ0v) is 34.2. The van der Waals surface area contributed by atoms with Crippen LogP contribution >= 0.6 is 0 Å². The molecule has 0 bridgehead atoms. The van der Waals surface area contributed by atoms with E-state index in [1.807, 2.05) is 0 Å². The lowest BCUT2D eigenvalue weighted by Gasteiger charge is -2.25. The van der Waals surface area contributed by atoms with Crippen LogP contribution in [0.4, 0.5) is 0 Å². The third kappa shape index (κ3) is 5.44. The fourth-order valence-corrected chi connectivity index (χ4v) is 10.3. The molecule has 0 heterocycles. The van der Waals surface area contributed by atoms with Gasteiger partial charge in [0, 0.05) is 5.41 Å². The van der Waals surface area contributed by atoms with Crippen LogP contribution in [-0.2, 0) is 5.41 Å². The molecular formula is C59H46. The Morgan fingerprint density at radius 1 is 0.458 bits per heavy atom. The van der Waals surface area contributed by atoms with Gasteiger partial charge in [0.2, 0.25) is 0 Å². The minimum absolute atomic E-state index is 0.193. The van der Waals surface area contributed by atoms with Gasteiger partial charge in [0.05, 0.1) is 0 Å². The van der Waals surface area contributed by atoms with Crippen molar-refractivity contribution in [3.63, 3.8) is 0 Å². The van der Waals surface area contributed by atoms with Gasteiger partial charge in [0.15, 0.2) is 0 Å². The summed E-state index contributed by atoms with van der Waals surface area (Å²) >= 11 is 0. The summed E-state index contributed by atoms with van der Waals surface area (Å²) in [7, 11) is 0. The van der Waals surface area contributed by atoms with Crippen LogP contribution in [-0.4, -0.2) is 0 Å². The quantitative estimate of drug-likeness (QED) is 0.0932. The Bertz CT molecular complexity index is 3320. The van der Waals surface area contributed by atoms with E-state index < -0.39 is 0 Å². The highest BCUT2D eigenvalue weighted by Gasteiger charge is 2.38. The van der Waals surface area contributed by atoms with E-state index in [-0.39, 0.29) is 5.41 Å².